The van der Waals surface area contributed by atoms with Crippen LogP contribution < -0.4 is 10.6 Å². The Morgan fingerprint density at radius 3 is 2.54 bits per heavy atom. The lowest BCUT2D eigenvalue weighted by atomic mass is 10.1. The average Bonchev–Trinajstić information content (AvgIpc) is 3.21. The number of hydrogen-bond donors (Lipinski definition) is 2. The Balaban J connectivity index is 1.52. The molecular weight excluding hydrogens is 344 g/mol. The van der Waals surface area contributed by atoms with Gasteiger partial charge in [-0.1, -0.05) is 12.1 Å². The zero-order valence-electron chi connectivity index (χ0n) is 14.5. The molecule has 1 amide bonds. The second-order valence-corrected chi connectivity index (χ2v) is 6.89. The summed E-state index contributed by atoms with van der Waals surface area (Å²) in [4.78, 5) is 21.8. The third kappa shape index (κ3) is 5.47. The lowest BCUT2D eigenvalue weighted by molar-refractivity contribution is -0.123. The van der Waals surface area contributed by atoms with Crippen molar-refractivity contribution in [3.63, 3.8) is 0 Å². The van der Waals surface area contributed by atoms with E-state index in [9.17, 15) is 4.79 Å². The highest BCUT2D eigenvalue weighted by atomic mass is 32.1. The molecule has 0 spiro atoms. The summed E-state index contributed by atoms with van der Waals surface area (Å²) in [6.07, 6.45) is 8.79. The Morgan fingerprint density at radius 1 is 0.962 bits per heavy atom. The van der Waals surface area contributed by atoms with Crippen LogP contribution in [0, 0.1) is 0 Å². The van der Waals surface area contributed by atoms with Crippen molar-refractivity contribution >= 4 is 17.2 Å². The maximum Gasteiger partial charge on any atom is 0.242 e. The molecule has 0 fully saturated rings. The largest absolute Gasteiger partial charge is 0.354 e. The van der Waals surface area contributed by atoms with E-state index in [4.69, 9.17) is 0 Å². The highest BCUT2D eigenvalue weighted by Gasteiger charge is 2.20. The molecule has 3 rings (SSSR count). The minimum Gasteiger partial charge on any atom is -0.354 e. The molecule has 0 bridgehead atoms. The Hall–Kier alpha value is -2.57. The van der Waals surface area contributed by atoms with Crippen LogP contribution >= 0.6 is 11.3 Å². The topological polar surface area (TPSA) is 66.9 Å². The van der Waals surface area contributed by atoms with Crippen molar-refractivity contribution in [2.24, 2.45) is 0 Å². The fourth-order valence-corrected chi connectivity index (χ4v) is 3.46. The van der Waals surface area contributed by atoms with Crippen LogP contribution in [0.5, 0.6) is 0 Å². The molecule has 2 N–H and O–H groups in total. The number of aromatic nitrogens is 2. The Labute approximate surface area is 157 Å². The molecular formula is C20H22N4OS. The number of carbonyl (C=O) groups excluding carboxylic acids is 1. The quantitative estimate of drug-likeness (QED) is 0.611. The van der Waals surface area contributed by atoms with Gasteiger partial charge in [0.2, 0.25) is 5.91 Å². The van der Waals surface area contributed by atoms with Gasteiger partial charge in [0.1, 0.15) is 6.04 Å². The summed E-state index contributed by atoms with van der Waals surface area (Å²) in [5.74, 6) is 0.00712. The summed E-state index contributed by atoms with van der Waals surface area (Å²) < 4.78 is 0. The van der Waals surface area contributed by atoms with E-state index in [2.05, 4.69) is 20.6 Å². The zero-order chi connectivity index (χ0) is 18.0. The average molecular weight is 366 g/mol. The molecule has 0 saturated heterocycles. The molecule has 3 aromatic rings. The molecule has 0 radical (unpaired) electrons. The van der Waals surface area contributed by atoms with Gasteiger partial charge in [0.05, 0.1) is 0 Å². The molecule has 0 aliphatic carbocycles. The summed E-state index contributed by atoms with van der Waals surface area (Å²) in [6.45, 7) is 1.32. The van der Waals surface area contributed by atoms with Crippen molar-refractivity contribution in [3.05, 3.63) is 82.6 Å². The van der Waals surface area contributed by atoms with Gasteiger partial charge >= 0.3 is 0 Å². The number of amides is 1. The van der Waals surface area contributed by atoms with Crippen molar-refractivity contribution in [1.29, 1.82) is 0 Å². The lowest BCUT2D eigenvalue weighted by Crippen LogP contribution is -2.38. The number of nitrogens with one attached hydrogen (secondary N) is 2. The normalized spacial score (nSPS) is 11.8. The maximum absolute atomic E-state index is 12.7. The van der Waals surface area contributed by atoms with Crippen LogP contribution in [0.4, 0.5) is 0 Å². The van der Waals surface area contributed by atoms with Crippen LogP contribution in [0.25, 0.3) is 0 Å². The van der Waals surface area contributed by atoms with Gasteiger partial charge in [-0.25, -0.2) is 0 Å². The number of carbonyl (C=O) groups is 1. The first-order chi connectivity index (χ1) is 12.8. The monoisotopic (exact) mass is 366 g/mol. The van der Waals surface area contributed by atoms with Gasteiger partial charge < -0.3 is 10.6 Å². The van der Waals surface area contributed by atoms with E-state index in [1.54, 1.807) is 29.9 Å². The number of hydrogen-bond acceptors (Lipinski definition) is 5. The lowest BCUT2D eigenvalue weighted by Gasteiger charge is -2.17. The van der Waals surface area contributed by atoms with Crippen molar-refractivity contribution in [2.45, 2.75) is 18.9 Å². The van der Waals surface area contributed by atoms with E-state index in [-0.39, 0.29) is 11.9 Å². The number of nitrogens with zero attached hydrogens (tertiary/aromatic N) is 2. The maximum atomic E-state index is 12.7. The highest BCUT2D eigenvalue weighted by Crippen LogP contribution is 2.19. The number of rotatable bonds is 9. The molecule has 1 unspecified atom stereocenters. The summed E-state index contributed by atoms with van der Waals surface area (Å²) in [7, 11) is 0. The molecule has 134 valence electrons. The van der Waals surface area contributed by atoms with Gasteiger partial charge in [-0.2, -0.15) is 0 Å². The predicted octanol–water partition coefficient (Wildman–Crippen LogP) is 2.77. The van der Waals surface area contributed by atoms with Gasteiger partial charge in [0.25, 0.3) is 0 Å². The predicted molar refractivity (Wildman–Crippen MR) is 104 cm³/mol. The van der Waals surface area contributed by atoms with E-state index in [1.807, 2.05) is 48.0 Å². The minimum absolute atomic E-state index is 0.00712. The number of pyridine rings is 2. The molecule has 26 heavy (non-hydrogen) atoms. The molecule has 0 aliphatic heterocycles. The van der Waals surface area contributed by atoms with E-state index in [0.29, 0.717) is 13.1 Å². The fraction of sp³-hybridized carbons (Fsp3) is 0.250. The summed E-state index contributed by atoms with van der Waals surface area (Å²) in [6, 6.07) is 11.5. The number of thiophene rings is 1. The van der Waals surface area contributed by atoms with Crippen molar-refractivity contribution in [2.75, 3.05) is 13.1 Å². The van der Waals surface area contributed by atoms with E-state index in [1.165, 1.54) is 0 Å². The van der Waals surface area contributed by atoms with Gasteiger partial charge in [0, 0.05) is 42.8 Å². The van der Waals surface area contributed by atoms with E-state index in [0.717, 1.165) is 28.8 Å². The van der Waals surface area contributed by atoms with Crippen LogP contribution in [0.2, 0.25) is 0 Å². The van der Waals surface area contributed by atoms with Crippen LogP contribution in [0.1, 0.15) is 22.0 Å². The molecule has 0 saturated carbocycles. The van der Waals surface area contributed by atoms with Gasteiger partial charge in [-0.05, 0) is 53.6 Å². The summed E-state index contributed by atoms with van der Waals surface area (Å²) in [5, 5.41) is 8.42. The second-order valence-electron chi connectivity index (χ2n) is 5.91. The fourth-order valence-electron chi connectivity index (χ4n) is 2.67. The van der Waals surface area contributed by atoms with Gasteiger partial charge in [0.15, 0.2) is 0 Å². The third-order valence-corrected chi connectivity index (χ3v) is 4.97. The second kappa shape index (κ2) is 9.79. The Bertz CT molecular complexity index is 778. The van der Waals surface area contributed by atoms with Crippen LogP contribution in [0.3, 0.4) is 0 Å². The molecule has 3 aromatic heterocycles. The highest BCUT2D eigenvalue weighted by molar-refractivity contribution is 7.10. The van der Waals surface area contributed by atoms with Gasteiger partial charge in [-0.15, -0.1) is 11.3 Å². The van der Waals surface area contributed by atoms with Crippen LogP contribution in [0.15, 0.2) is 66.6 Å². The first-order valence-electron chi connectivity index (χ1n) is 8.65. The van der Waals surface area contributed by atoms with Gasteiger partial charge in [-0.3, -0.25) is 14.8 Å². The molecule has 1 atom stereocenters. The smallest absolute Gasteiger partial charge is 0.242 e. The first kappa shape index (κ1) is 18.2. The minimum atomic E-state index is -0.330. The molecule has 6 heteroatoms. The van der Waals surface area contributed by atoms with Crippen molar-refractivity contribution in [1.82, 2.24) is 20.6 Å². The molecule has 0 aromatic carbocycles. The first-order valence-corrected chi connectivity index (χ1v) is 9.53. The van der Waals surface area contributed by atoms with E-state index < -0.39 is 0 Å². The standard InChI is InChI=1S/C20H22N4OS/c25-20(24-13-7-16-5-10-21-11-6-16)19(18-4-2-14-26-18)23-12-8-17-3-1-9-22-15-17/h1-6,9-11,14-15,19,23H,7-8,12-13H2,(H,24,25). The van der Waals surface area contributed by atoms with Crippen molar-refractivity contribution < 1.29 is 4.79 Å². The molecule has 3 heterocycles. The van der Waals surface area contributed by atoms with Crippen molar-refractivity contribution in [3.8, 4) is 0 Å². The summed E-state index contributed by atoms with van der Waals surface area (Å²) in [5.41, 5.74) is 2.32. The SMILES string of the molecule is O=C(NCCc1ccncc1)C(NCCc1cccnc1)c1cccs1. The van der Waals surface area contributed by atoms with Crippen LogP contribution in [-0.4, -0.2) is 29.0 Å². The Kier molecular flexibility index (Phi) is 6.87. The van der Waals surface area contributed by atoms with E-state index >= 15 is 0 Å². The van der Waals surface area contributed by atoms with Crippen LogP contribution in [-0.2, 0) is 17.6 Å². The zero-order valence-corrected chi connectivity index (χ0v) is 15.3. The molecule has 5 nitrogen and oxygen atoms in total. The molecule has 0 aliphatic rings. The Morgan fingerprint density at radius 2 is 1.81 bits per heavy atom. The third-order valence-electron chi connectivity index (χ3n) is 4.04. The summed E-state index contributed by atoms with van der Waals surface area (Å²) >= 11 is 1.59.